The first-order valence-corrected chi connectivity index (χ1v) is 6.34. The zero-order valence-corrected chi connectivity index (χ0v) is 10.8. The Balaban J connectivity index is 1.87. The van der Waals surface area contributed by atoms with Crippen molar-refractivity contribution in [1.29, 1.82) is 0 Å². The van der Waals surface area contributed by atoms with Gasteiger partial charge in [-0.25, -0.2) is 9.37 Å². The molecule has 0 radical (unpaired) electrons. The van der Waals surface area contributed by atoms with Gasteiger partial charge in [-0.1, -0.05) is 12.1 Å². The van der Waals surface area contributed by atoms with Gasteiger partial charge in [0.15, 0.2) is 0 Å². The summed E-state index contributed by atoms with van der Waals surface area (Å²) in [5, 5.41) is 4.35. The number of hydrogen-bond acceptors (Lipinski definition) is 3. The van der Waals surface area contributed by atoms with Gasteiger partial charge in [0.05, 0.1) is 5.01 Å². The predicted octanol–water partition coefficient (Wildman–Crippen LogP) is 3.19. The van der Waals surface area contributed by atoms with E-state index in [1.807, 2.05) is 25.3 Å². The first kappa shape index (κ1) is 12.2. The normalized spacial score (nSPS) is 10.8. The van der Waals surface area contributed by atoms with Crippen molar-refractivity contribution in [2.75, 3.05) is 0 Å². The van der Waals surface area contributed by atoms with Crippen LogP contribution in [-0.2, 0) is 13.1 Å². The van der Waals surface area contributed by atoms with Crippen LogP contribution in [0.4, 0.5) is 4.39 Å². The summed E-state index contributed by atoms with van der Waals surface area (Å²) < 4.78 is 13.3. The minimum Gasteiger partial charge on any atom is -0.308 e. The van der Waals surface area contributed by atoms with Gasteiger partial charge in [0.25, 0.3) is 0 Å². The summed E-state index contributed by atoms with van der Waals surface area (Å²) >= 11 is 1.68. The van der Waals surface area contributed by atoms with Crippen molar-refractivity contribution < 1.29 is 4.39 Å². The maximum atomic E-state index is 13.3. The van der Waals surface area contributed by atoms with Gasteiger partial charge in [-0.2, -0.15) is 0 Å². The molecule has 0 aliphatic heterocycles. The third kappa shape index (κ3) is 3.35. The van der Waals surface area contributed by atoms with Crippen molar-refractivity contribution in [3.63, 3.8) is 0 Å². The molecular formula is C13H15FN2S. The van der Waals surface area contributed by atoms with Crippen LogP contribution in [0.15, 0.2) is 24.4 Å². The topological polar surface area (TPSA) is 24.9 Å². The smallest absolute Gasteiger partial charge is 0.126 e. The van der Waals surface area contributed by atoms with Gasteiger partial charge in [-0.3, -0.25) is 0 Å². The summed E-state index contributed by atoms with van der Waals surface area (Å²) in [5.41, 5.74) is 1.65. The highest BCUT2D eigenvalue weighted by atomic mass is 32.1. The van der Waals surface area contributed by atoms with Crippen LogP contribution in [0.5, 0.6) is 0 Å². The van der Waals surface area contributed by atoms with Crippen molar-refractivity contribution in [2.45, 2.75) is 26.9 Å². The van der Waals surface area contributed by atoms with Gasteiger partial charge in [0.2, 0.25) is 0 Å². The Morgan fingerprint density at radius 3 is 2.76 bits per heavy atom. The molecule has 17 heavy (non-hydrogen) atoms. The second-order valence-electron chi connectivity index (χ2n) is 4.03. The quantitative estimate of drug-likeness (QED) is 0.901. The largest absolute Gasteiger partial charge is 0.308 e. The number of nitrogens with zero attached hydrogens (tertiary/aromatic N) is 1. The van der Waals surface area contributed by atoms with Crippen molar-refractivity contribution in [3.8, 4) is 0 Å². The van der Waals surface area contributed by atoms with E-state index in [1.165, 1.54) is 4.88 Å². The van der Waals surface area contributed by atoms with Crippen molar-refractivity contribution in [3.05, 3.63) is 51.2 Å². The molecule has 2 aromatic rings. The second kappa shape index (κ2) is 5.38. The molecule has 0 bridgehead atoms. The van der Waals surface area contributed by atoms with Gasteiger partial charge in [0, 0.05) is 24.2 Å². The van der Waals surface area contributed by atoms with Crippen molar-refractivity contribution in [2.24, 2.45) is 0 Å². The number of hydrogen-bond donors (Lipinski definition) is 1. The highest BCUT2D eigenvalue weighted by Crippen LogP contribution is 2.12. The number of aromatic nitrogens is 1. The zero-order chi connectivity index (χ0) is 12.3. The van der Waals surface area contributed by atoms with Crippen LogP contribution in [-0.4, -0.2) is 4.98 Å². The first-order valence-electron chi connectivity index (χ1n) is 5.52. The Labute approximate surface area is 105 Å². The Kier molecular flexibility index (Phi) is 3.86. The third-order valence-electron chi connectivity index (χ3n) is 2.53. The van der Waals surface area contributed by atoms with Crippen LogP contribution in [0, 0.1) is 19.7 Å². The van der Waals surface area contributed by atoms with Gasteiger partial charge in [-0.15, -0.1) is 11.3 Å². The van der Waals surface area contributed by atoms with E-state index in [0.29, 0.717) is 12.1 Å². The van der Waals surface area contributed by atoms with E-state index in [1.54, 1.807) is 24.3 Å². The first-order chi connectivity index (χ1) is 8.15. The summed E-state index contributed by atoms with van der Waals surface area (Å²) in [6.07, 6.45) is 1.88. The number of halogens is 1. The van der Waals surface area contributed by atoms with Gasteiger partial charge >= 0.3 is 0 Å². The fourth-order valence-corrected chi connectivity index (χ4v) is 2.33. The van der Waals surface area contributed by atoms with E-state index >= 15 is 0 Å². The Morgan fingerprint density at radius 1 is 1.29 bits per heavy atom. The lowest BCUT2D eigenvalue weighted by molar-refractivity contribution is 0.611. The maximum absolute atomic E-state index is 13.3. The molecule has 4 heteroatoms. The zero-order valence-electron chi connectivity index (χ0n) is 9.96. The SMILES string of the molecule is Cc1ncc(CNCc2ccc(C)c(F)c2)s1. The summed E-state index contributed by atoms with van der Waals surface area (Å²) in [7, 11) is 0. The van der Waals surface area contributed by atoms with E-state index in [4.69, 9.17) is 0 Å². The van der Waals surface area contributed by atoms with Gasteiger partial charge in [0.1, 0.15) is 5.82 Å². The monoisotopic (exact) mass is 250 g/mol. The summed E-state index contributed by atoms with van der Waals surface area (Å²) in [4.78, 5) is 5.39. The third-order valence-corrected chi connectivity index (χ3v) is 3.45. The molecule has 2 rings (SSSR count). The molecule has 90 valence electrons. The lowest BCUT2D eigenvalue weighted by atomic mass is 10.1. The summed E-state index contributed by atoms with van der Waals surface area (Å²) in [6.45, 7) is 5.21. The molecule has 0 amide bonds. The van der Waals surface area contributed by atoms with Crippen LogP contribution >= 0.6 is 11.3 Å². The number of benzene rings is 1. The van der Waals surface area contributed by atoms with Gasteiger partial charge in [-0.05, 0) is 31.0 Å². The molecular weight excluding hydrogens is 235 g/mol. The number of thiazole rings is 1. The molecule has 0 saturated carbocycles. The van der Waals surface area contributed by atoms with Crippen LogP contribution < -0.4 is 5.32 Å². The Morgan fingerprint density at radius 2 is 2.12 bits per heavy atom. The fraction of sp³-hybridized carbons (Fsp3) is 0.308. The fourth-order valence-electron chi connectivity index (χ4n) is 1.56. The molecule has 0 fully saturated rings. The minimum absolute atomic E-state index is 0.141. The van der Waals surface area contributed by atoms with E-state index in [0.717, 1.165) is 17.1 Å². The Bertz CT molecular complexity index is 508. The lowest BCUT2D eigenvalue weighted by Crippen LogP contribution is -2.11. The van der Waals surface area contributed by atoms with Gasteiger partial charge < -0.3 is 5.32 Å². The highest BCUT2D eigenvalue weighted by molar-refractivity contribution is 7.11. The molecule has 0 atom stereocenters. The molecule has 0 unspecified atom stereocenters. The molecule has 1 heterocycles. The average molecular weight is 250 g/mol. The Hall–Kier alpha value is -1.26. The lowest BCUT2D eigenvalue weighted by Gasteiger charge is -2.04. The molecule has 0 aliphatic rings. The molecule has 1 N–H and O–H groups in total. The second-order valence-corrected chi connectivity index (χ2v) is 5.35. The molecule has 0 aliphatic carbocycles. The molecule has 0 spiro atoms. The van der Waals surface area contributed by atoms with Crippen molar-refractivity contribution in [1.82, 2.24) is 10.3 Å². The molecule has 1 aromatic carbocycles. The van der Waals surface area contributed by atoms with E-state index in [2.05, 4.69) is 10.3 Å². The standard InChI is InChI=1S/C13H15FN2S/c1-9-3-4-11(5-13(9)14)6-15-7-12-8-16-10(2)17-12/h3-5,8,15H,6-7H2,1-2H3. The number of aryl methyl sites for hydroxylation is 2. The number of rotatable bonds is 4. The van der Waals surface area contributed by atoms with Crippen LogP contribution in [0.1, 0.15) is 21.0 Å². The highest BCUT2D eigenvalue weighted by Gasteiger charge is 2.00. The molecule has 2 nitrogen and oxygen atoms in total. The van der Waals surface area contributed by atoms with Crippen LogP contribution in [0.3, 0.4) is 0 Å². The number of nitrogens with one attached hydrogen (secondary N) is 1. The predicted molar refractivity (Wildman–Crippen MR) is 68.5 cm³/mol. The van der Waals surface area contributed by atoms with E-state index in [9.17, 15) is 4.39 Å². The summed E-state index contributed by atoms with van der Waals surface area (Å²) in [5.74, 6) is -0.141. The summed E-state index contributed by atoms with van der Waals surface area (Å²) in [6, 6.07) is 5.34. The van der Waals surface area contributed by atoms with E-state index < -0.39 is 0 Å². The van der Waals surface area contributed by atoms with E-state index in [-0.39, 0.29) is 5.82 Å². The van der Waals surface area contributed by atoms with Crippen LogP contribution in [0.25, 0.3) is 0 Å². The van der Waals surface area contributed by atoms with Crippen LogP contribution in [0.2, 0.25) is 0 Å². The van der Waals surface area contributed by atoms with Crippen molar-refractivity contribution >= 4 is 11.3 Å². The minimum atomic E-state index is -0.141. The average Bonchev–Trinajstić information content (AvgIpc) is 2.70. The molecule has 0 saturated heterocycles. The molecule has 1 aromatic heterocycles. The maximum Gasteiger partial charge on any atom is 0.126 e.